The molecule has 1 saturated carbocycles. The molecule has 2 saturated heterocycles. The number of aromatic nitrogens is 1. The van der Waals surface area contributed by atoms with Crippen molar-refractivity contribution in [1.82, 2.24) is 15.2 Å². The normalized spacial score (nSPS) is 30.5. The fourth-order valence-corrected chi connectivity index (χ4v) is 5.39. The molecular weight excluding hydrogens is 366 g/mol. The molecule has 4 rings (SSSR count). The quantitative estimate of drug-likeness (QED) is 0.811. The number of likely N-dealkylation sites (tertiary alicyclic amines) is 1. The molecular formula is C23H35N3O3. The van der Waals surface area contributed by atoms with E-state index < -0.39 is 17.2 Å². The van der Waals surface area contributed by atoms with Crippen LogP contribution in [0.25, 0.3) is 0 Å². The summed E-state index contributed by atoms with van der Waals surface area (Å²) in [5.41, 5.74) is 0.945. The summed E-state index contributed by atoms with van der Waals surface area (Å²) in [6.07, 6.45) is 5.73. The van der Waals surface area contributed by atoms with Crippen molar-refractivity contribution >= 4 is 5.91 Å². The van der Waals surface area contributed by atoms with Gasteiger partial charge in [0.15, 0.2) is 0 Å². The Balaban J connectivity index is 1.38. The lowest BCUT2D eigenvalue weighted by atomic mass is 9.73. The minimum atomic E-state index is -0.687. The van der Waals surface area contributed by atoms with E-state index in [-0.39, 0.29) is 11.8 Å². The lowest BCUT2D eigenvalue weighted by Gasteiger charge is -2.53. The molecule has 1 aromatic heterocycles. The smallest absolute Gasteiger partial charge is 0.223 e. The lowest BCUT2D eigenvalue weighted by molar-refractivity contribution is -0.208. The highest BCUT2D eigenvalue weighted by molar-refractivity contribution is 5.79. The summed E-state index contributed by atoms with van der Waals surface area (Å²) in [7, 11) is 0. The number of nitrogens with zero attached hydrogens (tertiary/aromatic N) is 2. The van der Waals surface area contributed by atoms with Gasteiger partial charge in [-0.05, 0) is 58.1 Å². The minimum absolute atomic E-state index is 0.112. The van der Waals surface area contributed by atoms with E-state index in [4.69, 9.17) is 4.74 Å². The van der Waals surface area contributed by atoms with Gasteiger partial charge >= 0.3 is 0 Å². The molecule has 0 bridgehead atoms. The molecule has 2 atom stereocenters. The number of hydrogen-bond acceptors (Lipinski definition) is 5. The topological polar surface area (TPSA) is 74.7 Å². The maximum atomic E-state index is 12.7. The van der Waals surface area contributed by atoms with Crippen LogP contribution in [0.4, 0.5) is 0 Å². The van der Waals surface area contributed by atoms with Crippen molar-refractivity contribution in [1.29, 1.82) is 0 Å². The van der Waals surface area contributed by atoms with Gasteiger partial charge < -0.3 is 15.2 Å². The van der Waals surface area contributed by atoms with Crippen LogP contribution in [0.1, 0.15) is 63.3 Å². The van der Waals surface area contributed by atoms with Crippen LogP contribution in [0.3, 0.4) is 0 Å². The van der Waals surface area contributed by atoms with Gasteiger partial charge in [-0.25, -0.2) is 0 Å². The summed E-state index contributed by atoms with van der Waals surface area (Å²) >= 11 is 0. The van der Waals surface area contributed by atoms with E-state index in [1.807, 2.05) is 19.9 Å². The first-order chi connectivity index (χ1) is 13.9. The number of aryl methyl sites for hydroxylation is 1. The molecule has 29 heavy (non-hydrogen) atoms. The summed E-state index contributed by atoms with van der Waals surface area (Å²) in [5.74, 6) is 0.227. The van der Waals surface area contributed by atoms with E-state index in [0.717, 1.165) is 69.5 Å². The van der Waals surface area contributed by atoms with Gasteiger partial charge in [0, 0.05) is 37.9 Å². The van der Waals surface area contributed by atoms with Gasteiger partial charge in [-0.3, -0.25) is 14.7 Å². The third kappa shape index (κ3) is 4.35. The van der Waals surface area contributed by atoms with Crippen molar-refractivity contribution in [2.75, 3.05) is 19.7 Å². The van der Waals surface area contributed by atoms with Crippen LogP contribution >= 0.6 is 0 Å². The number of amides is 1. The number of carbonyl (C=O) groups excluding carboxylic acids is 1. The molecule has 1 amide bonds. The number of aliphatic hydroxyl groups excluding tert-OH is 1. The molecule has 1 spiro atoms. The zero-order valence-corrected chi connectivity index (χ0v) is 17.8. The van der Waals surface area contributed by atoms with Crippen molar-refractivity contribution in [3.63, 3.8) is 0 Å². The van der Waals surface area contributed by atoms with Crippen LogP contribution in [-0.4, -0.2) is 57.8 Å². The molecule has 1 aliphatic carbocycles. The van der Waals surface area contributed by atoms with Gasteiger partial charge in [-0.15, -0.1) is 0 Å². The molecule has 0 aromatic carbocycles. The second kappa shape index (κ2) is 8.32. The Hall–Kier alpha value is -1.50. The summed E-state index contributed by atoms with van der Waals surface area (Å²) in [5, 5.41) is 14.6. The first-order valence-electron chi connectivity index (χ1n) is 11.2. The lowest BCUT2D eigenvalue weighted by Crippen LogP contribution is -2.69. The van der Waals surface area contributed by atoms with E-state index in [1.165, 1.54) is 0 Å². The van der Waals surface area contributed by atoms with Crippen LogP contribution in [0, 0.1) is 12.8 Å². The van der Waals surface area contributed by atoms with E-state index in [2.05, 4.69) is 27.3 Å². The zero-order chi connectivity index (χ0) is 20.5. The third-order valence-electron chi connectivity index (χ3n) is 7.28. The van der Waals surface area contributed by atoms with Gasteiger partial charge in [0.1, 0.15) is 6.10 Å². The Kier molecular flexibility index (Phi) is 5.96. The molecule has 0 radical (unpaired) electrons. The van der Waals surface area contributed by atoms with E-state index >= 15 is 0 Å². The van der Waals surface area contributed by atoms with Crippen molar-refractivity contribution < 1.29 is 14.6 Å². The highest BCUT2D eigenvalue weighted by Crippen LogP contribution is 2.40. The number of hydrogen-bond donors (Lipinski definition) is 2. The van der Waals surface area contributed by atoms with Crippen LogP contribution in [0.2, 0.25) is 0 Å². The van der Waals surface area contributed by atoms with Crippen molar-refractivity contribution in [2.45, 2.75) is 82.6 Å². The average Bonchev–Trinajstić information content (AvgIpc) is 3.23. The highest BCUT2D eigenvalue weighted by atomic mass is 16.5. The first kappa shape index (κ1) is 20.8. The minimum Gasteiger partial charge on any atom is -0.388 e. The standard InChI is InChI=1S/C23H35N3O3/c1-17-6-5-9-19(24-17)16-26-13-10-23(11-14-26)21(28)22(2,12-15-29-23)25-20(27)18-7-3-4-8-18/h5-6,9,18,21,28H,3-4,7-8,10-16H2,1-2H3,(H,25,27)/t21-,22+/m0/s1. The van der Waals surface area contributed by atoms with Crippen LogP contribution in [0.5, 0.6) is 0 Å². The van der Waals surface area contributed by atoms with Gasteiger partial charge in [0.25, 0.3) is 0 Å². The molecule has 0 unspecified atom stereocenters. The summed E-state index contributed by atoms with van der Waals surface area (Å²) < 4.78 is 6.20. The van der Waals surface area contributed by atoms with Gasteiger partial charge in [0.2, 0.25) is 5.91 Å². The summed E-state index contributed by atoms with van der Waals surface area (Å²) in [4.78, 5) is 19.7. The predicted molar refractivity (Wildman–Crippen MR) is 111 cm³/mol. The third-order valence-corrected chi connectivity index (χ3v) is 7.28. The highest BCUT2D eigenvalue weighted by Gasteiger charge is 2.54. The second-order valence-electron chi connectivity index (χ2n) is 9.50. The fourth-order valence-electron chi connectivity index (χ4n) is 5.39. The van der Waals surface area contributed by atoms with Crippen molar-refractivity contribution in [3.8, 4) is 0 Å². The van der Waals surface area contributed by atoms with Gasteiger partial charge in [0.05, 0.1) is 16.8 Å². The van der Waals surface area contributed by atoms with E-state index in [9.17, 15) is 9.90 Å². The van der Waals surface area contributed by atoms with Gasteiger partial charge in [-0.2, -0.15) is 0 Å². The van der Waals surface area contributed by atoms with E-state index in [1.54, 1.807) is 0 Å². The summed E-state index contributed by atoms with van der Waals surface area (Å²) in [6, 6.07) is 6.14. The maximum absolute atomic E-state index is 12.7. The molecule has 6 nitrogen and oxygen atoms in total. The first-order valence-corrected chi connectivity index (χ1v) is 11.2. The molecule has 160 valence electrons. The number of carbonyl (C=O) groups is 1. The van der Waals surface area contributed by atoms with Crippen molar-refractivity contribution in [2.24, 2.45) is 5.92 Å². The SMILES string of the molecule is Cc1cccc(CN2CCC3(CC2)OCC[C@@](C)(NC(=O)C2CCCC2)[C@@H]3O)n1. The Morgan fingerprint density at radius 2 is 2.00 bits per heavy atom. The molecule has 1 aromatic rings. The predicted octanol–water partition coefficient (Wildman–Crippen LogP) is 2.57. The molecule has 3 aliphatic rings. The fraction of sp³-hybridized carbons (Fsp3) is 0.739. The number of piperidine rings is 1. The van der Waals surface area contributed by atoms with E-state index in [0.29, 0.717) is 13.0 Å². The molecule has 2 N–H and O–H groups in total. The van der Waals surface area contributed by atoms with Crippen molar-refractivity contribution in [3.05, 3.63) is 29.6 Å². The molecule has 6 heteroatoms. The Morgan fingerprint density at radius 3 is 2.69 bits per heavy atom. The Bertz CT molecular complexity index is 726. The van der Waals surface area contributed by atoms with Crippen LogP contribution in [0.15, 0.2) is 18.2 Å². The Morgan fingerprint density at radius 1 is 1.28 bits per heavy atom. The molecule has 3 fully saturated rings. The molecule has 3 heterocycles. The molecule has 2 aliphatic heterocycles. The Labute approximate surface area is 174 Å². The van der Waals surface area contributed by atoms with Gasteiger partial charge in [-0.1, -0.05) is 18.9 Å². The largest absolute Gasteiger partial charge is 0.388 e. The number of ether oxygens (including phenoxy) is 1. The number of pyridine rings is 1. The maximum Gasteiger partial charge on any atom is 0.223 e. The second-order valence-corrected chi connectivity index (χ2v) is 9.50. The monoisotopic (exact) mass is 401 g/mol. The summed E-state index contributed by atoms with van der Waals surface area (Å²) in [6.45, 7) is 7.14. The number of rotatable bonds is 4. The average molecular weight is 402 g/mol. The zero-order valence-electron chi connectivity index (χ0n) is 17.8. The number of nitrogens with one attached hydrogen (secondary N) is 1. The van der Waals surface area contributed by atoms with Crippen LogP contribution in [-0.2, 0) is 16.1 Å². The van der Waals surface area contributed by atoms with Crippen LogP contribution < -0.4 is 5.32 Å². The number of aliphatic hydroxyl groups is 1.